The van der Waals surface area contributed by atoms with Crippen LogP contribution >= 0.6 is 0 Å². The molecule has 3 aromatic carbocycles. The highest BCUT2D eigenvalue weighted by molar-refractivity contribution is 5.63. The van der Waals surface area contributed by atoms with Crippen molar-refractivity contribution in [1.82, 2.24) is 10.2 Å². The van der Waals surface area contributed by atoms with Crippen LogP contribution in [-0.4, -0.2) is 49.9 Å². The molecule has 0 aliphatic carbocycles. The number of ether oxygens (including phenoxy) is 1. The quantitative estimate of drug-likeness (QED) is 0.550. The van der Waals surface area contributed by atoms with Crippen molar-refractivity contribution < 1.29 is 9.84 Å². The first kappa shape index (κ1) is 21.1. The van der Waals surface area contributed by atoms with E-state index < -0.39 is 6.10 Å². The lowest BCUT2D eigenvalue weighted by atomic mass is 10.1. The van der Waals surface area contributed by atoms with Crippen molar-refractivity contribution in [3.63, 3.8) is 0 Å². The normalized spacial score (nSPS) is 13.2. The molecule has 0 saturated heterocycles. The molecule has 2 unspecified atom stereocenters. The van der Waals surface area contributed by atoms with Gasteiger partial charge in [-0.1, -0.05) is 72.8 Å². The summed E-state index contributed by atoms with van der Waals surface area (Å²) in [5.74, 6) is 0.763. The smallest absolute Gasteiger partial charge is 0.119 e. The van der Waals surface area contributed by atoms with Gasteiger partial charge in [-0.05, 0) is 42.9 Å². The van der Waals surface area contributed by atoms with Crippen molar-refractivity contribution in [2.24, 2.45) is 0 Å². The average molecular weight is 391 g/mol. The number of likely N-dealkylation sites (N-methyl/N-ethyl adjacent to an activating group) is 1. The van der Waals surface area contributed by atoms with Crippen molar-refractivity contribution in [3.05, 3.63) is 90.5 Å². The summed E-state index contributed by atoms with van der Waals surface area (Å²) in [5, 5.41) is 13.6. The monoisotopic (exact) mass is 390 g/mol. The topological polar surface area (TPSA) is 44.7 Å². The summed E-state index contributed by atoms with van der Waals surface area (Å²) in [7, 11) is 4.13. The van der Waals surface area contributed by atoms with Crippen molar-refractivity contribution in [2.75, 3.05) is 33.8 Å². The zero-order valence-corrected chi connectivity index (χ0v) is 17.2. The highest BCUT2D eigenvalue weighted by atomic mass is 16.5. The van der Waals surface area contributed by atoms with Gasteiger partial charge < -0.3 is 20.1 Å². The van der Waals surface area contributed by atoms with Crippen molar-refractivity contribution in [3.8, 4) is 16.9 Å². The highest BCUT2D eigenvalue weighted by Crippen LogP contribution is 2.22. The molecule has 0 fully saturated rings. The Bertz CT molecular complexity index is 836. The first-order valence-electron chi connectivity index (χ1n) is 10.0. The fraction of sp³-hybridized carbons (Fsp3) is 0.280. The summed E-state index contributed by atoms with van der Waals surface area (Å²) in [6.45, 7) is 1.51. The Labute approximate surface area is 173 Å². The fourth-order valence-electron chi connectivity index (χ4n) is 3.29. The van der Waals surface area contributed by atoms with E-state index in [0.717, 1.165) is 17.9 Å². The molecule has 0 radical (unpaired) electrons. The largest absolute Gasteiger partial charge is 0.491 e. The Morgan fingerprint density at radius 2 is 1.38 bits per heavy atom. The van der Waals surface area contributed by atoms with Crippen LogP contribution in [0.2, 0.25) is 0 Å². The zero-order chi connectivity index (χ0) is 20.5. The van der Waals surface area contributed by atoms with Gasteiger partial charge in [0.15, 0.2) is 0 Å². The van der Waals surface area contributed by atoms with E-state index in [1.165, 1.54) is 11.1 Å². The molecular weight excluding hydrogens is 360 g/mol. The first-order chi connectivity index (χ1) is 14.1. The maximum Gasteiger partial charge on any atom is 0.119 e. The van der Waals surface area contributed by atoms with E-state index >= 15 is 0 Å². The average Bonchev–Trinajstić information content (AvgIpc) is 2.76. The van der Waals surface area contributed by atoms with Crippen LogP contribution in [0, 0.1) is 0 Å². The molecule has 0 aliphatic heterocycles. The van der Waals surface area contributed by atoms with Crippen molar-refractivity contribution in [1.29, 1.82) is 0 Å². The fourth-order valence-corrected chi connectivity index (χ4v) is 3.29. The number of rotatable bonds is 10. The Morgan fingerprint density at radius 3 is 2.00 bits per heavy atom. The van der Waals surface area contributed by atoms with Gasteiger partial charge in [-0.15, -0.1) is 0 Å². The Morgan fingerprint density at radius 1 is 0.793 bits per heavy atom. The molecular formula is C25H30N2O2. The number of benzene rings is 3. The molecule has 2 atom stereocenters. The minimum Gasteiger partial charge on any atom is -0.491 e. The third-order valence-electron chi connectivity index (χ3n) is 4.93. The van der Waals surface area contributed by atoms with E-state index in [0.29, 0.717) is 6.54 Å². The number of nitrogens with zero attached hydrogens (tertiary/aromatic N) is 1. The summed E-state index contributed by atoms with van der Waals surface area (Å²) < 4.78 is 5.75. The van der Waals surface area contributed by atoms with Crippen molar-refractivity contribution >= 4 is 0 Å². The molecule has 0 amide bonds. The van der Waals surface area contributed by atoms with Gasteiger partial charge in [0.25, 0.3) is 0 Å². The lowest BCUT2D eigenvalue weighted by Gasteiger charge is -2.25. The Balaban J connectivity index is 1.43. The number of nitrogens with one attached hydrogen (secondary N) is 1. The predicted octanol–water partition coefficient (Wildman–Crippen LogP) is 3.99. The molecule has 2 N–H and O–H groups in total. The van der Waals surface area contributed by atoms with Gasteiger partial charge in [0.05, 0.1) is 0 Å². The Hall–Kier alpha value is -2.66. The van der Waals surface area contributed by atoms with Gasteiger partial charge in [0, 0.05) is 19.1 Å². The zero-order valence-electron chi connectivity index (χ0n) is 17.2. The van der Waals surface area contributed by atoms with E-state index in [1.54, 1.807) is 0 Å². The standard InChI is InChI=1S/C25H30N2O2/c1-27(2)25(22-11-7-4-8-12-22)18-26-17-23(28)19-29-24-15-13-21(14-16-24)20-9-5-3-6-10-20/h3-16,23,25-26,28H,17-19H2,1-2H3. The van der Waals surface area contributed by atoms with Crippen LogP contribution in [-0.2, 0) is 0 Å². The Kier molecular flexibility index (Phi) is 7.82. The van der Waals surface area contributed by atoms with E-state index in [-0.39, 0.29) is 12.6 Å². The molecule has 0 spiro atoms. The SMILES string of the molecule is CN(C)C(CNCC(O)COc1ccc(-c2ccccc2)cc1)c1ccccc1. The molecule has 4 nitrogen and oxygen atoms in total. The maximum absolute atomic E-state index is 10.3. The molecule has 0 bridgehead atoms. The van der Waals surface area contributed by atoms with Crippen molar-refractivity contribution in [2.45, 2.75) is 12.1 Å². The molecule has 29 heavy (non-hydrogen) atoms. The second-order valence-corrected chi connectivity index (χ2v) is 7.40. The van der Waals surface area contributed by atoms with Crippen LogP contribution in [0.3, 0.4) is 0 Å². The summed E-state index contributed by atoms with van der Waals surface area (Å²) in [4.78, 5) is 2.18. The van der Waals surface area contributed by atoms with Crippen LogP contribution < -0.4 is 10.1 Å². The number of hydrogen-bond acceptors (Lipinski definition) is 4. The van der Waals surface area contributed by atoms with E-state index in [9.17, 15) is 5.11 Å². The molecule has 3 aromatic rings. The van der Waals surface area contributed by atoms with Gasteiger partial charge in [-0.3, -0.25) is 0 Å². The second kappa shape index (κ2) is 10.8. The van der Waals surface area contributed by atoms with Crippen LogP contribution in [0.1, 0.15) is 11.6 Å². The number of aliphatic hydroxyl groups is 1. The van der Waals surface area contributed by atoms with Crippen LogP contribution in [0.25, 0.3) is 11.1 Å². The lowest BCUT2D eigenvalue weighted by molar-refractivity contribution is 0.104. The predicted molar refractivity (Wildman–Crippen MR) is 119 cm³/mol. The second-order valence-electron chi connectivity index (χ2n) is 7.40. The van der Waals surface area contributed by atoms with E-state index in [1.807, 2.05) is 48.5 Å². The third kappa shape index (κ3) is 6.43. The van der Waals surface area contributed by atoms with Gasteiger partial charge in [-0.25, -0.2) is 0 Å². The number of aliphatic hydroxyl groups excluding tert-OH is 1. The minimum absolute atomic E-state index is 0.259. The molecule has 3 rings (SSSR count). The van der Waals surface area contributed by atoms with E-state index in [2.05, 4.69) is 60.7 Å². The van der Waals surface area contributed by atoms with Crippen LogP contribution in [0.15, 0.2) is 84.9 Å². The van der Waals surface area contributed by atoms with Gasteiger partial charge >= 0.3 is 0 Å². The number of hydrogen-bond donors (Lipinski definition) is 2. The van der Waals surface area contributed by atoms with Gasteiger partial charge in [0.1, 0.15) is 18.5 Å². The first-order valence-corrected chi connectivity index (χ1v) is 10.0. The molecule has 0 aliphatic rings. The van der Waals surface area contributed by atoms with Crippen LogP contribution in [0.4, 0.5) is 0 Å². The molecule has 0 heterocycles. The maximum atomic E-state index is 10.3. The summed E-state index contributed by atoms with van der Waals surface area (Å²) >= 11 is 0. The van der Waals surface area contributed by atoms with Gasteiger partial charge in [-0.2, -0.15) is 0 Å². The minimum atomic E-state index is -0.567. The molecule has 4 heteroatoms. The van der Waals surface area contributed by atoms with Crippen LogP contribution in [0.5, 0.6) is 5.75 Å². The third-order valence-corrected chi connectivity index (χ3v) is 4.93. The molecule has 0 saturated carbocycles. The summed E-state index contributed by atoms with van der Waals surface area (Å²) in [6, 6.07) is 28.9. The summed E-state index contributed by atoms with van der Waals surface area (Å²) in [6.07, 6.45) is -0.567. The molecule has 152 valence electrons. The lowest BCUT2D eigenvalue weighted by Crippen LogP contribution is -2.37. The van der Waals surface area contributed by atoms with Gasteiger partial charge in [0.2, 0.25) is 0 Å². The highest BCUT2D eigenvalue weighted by Gasteiger charge is 2.14. The van der Waals surface area contributed by atoms with E-state index in [4.69, 9.17) is 4.74 Å². The summed E-state index contributed by atoms with van der Waals surface area (Å²) in [5.41, 5.74) is 3.59. The molecule has 0 aromatic heterocycles.